The van der Waals surface area contributed by atoms with Crippen molar-refractivity contribution in [3.05, 3.63) is 59.1 Å². The van der Waals surface area contributed by atoms with Crippen molar-refractivity contribution >= 4 is 5.91 Å². The van der Waals surface area contributed by atoms with E-state index >= 15 is 0 Å². The molecule has 3 aromatic rings. The molecule has 4 heterocycles. The van der Waals surface area contributed by atoms with Crippen LogP contribution in [-0.2, 0) is 19.7 Å². The molecular formula is C18H19N5O3. The Bertz CT molecular complexity index is 932. The summed E-state index contributed by atoms with van der Waals surface area (Å²) in [6.45, 7) is 5.57. The van der Waals surface area contributed by atoms with Gasteiger partial charge in [0.05, 0.1) is 30.5 Å². The lowest BCUT2D eigenvalue weighted by atomic mass is 10.2. The largest absolute Gasteiger partial charge is 0.486 e. The molecule has 26 heavy (non-hydrogen) atoms. The van der Waals surface area contributed by atoms with Crippen LogP contribution in [0.2, 0.25) is 0 Å². The summed E-state index contributed by atoms with van der Waals surface area (Å²) in [6, 6.07) is 5.43. The van der Waals surface area contributed by atoms with Gasteiger partial charge in [0.1, 0.15) is 29.6 Å². The van der Waals surface area contributed by atoms with Crippen molar-refractivity contribution in [2.75, 3.05) is 6.54 Å². The third-order valence-corrected chi connectivity index (χ3v) is 4.41. The predicted octanol–water partition coefficient (Wildman–Crippen LogP) is 2.12. The maximum Gasteiger partial charge on any atom is 0.257 e. The van der Waals surface area contributed by atoms with Crippen LogP contribution < -0.4 is 4.74 Å². The summed E-state index contributed by atoms with van der Waals surface area (Å²) in [5, 5.41) is 8.38. The van der Waals surface area contributed by atoms with E-state index in [1.54, 1.807) is 23.4 Å². The van der Waals surface area contributed by atoms with Crippen LogP contribution in [0, 0.1) is 13.8 Å². The van der Waals surface area contributed by atoms with Crippen molar-refractivity contribution in [2.45, 2.75) is 33.5 Å². The second-order valence-electron chi connectivity index (χ2n) is 6.24. The molecule has 4 rings (SSSR count). The molecule has 8 heteroatoms. The summed E-state index contributed by atoms with van der Waals surface area (Å²) >= 11 is 0. The van der Waals surface area contributed by atoms with E-state index in [0.29, 0.717) is 36.7 Å². The Morgan fingerprint density at radius 1 is 1.35 bits per heavy atom. The quantitative estimate of drug-likeness (QED) is 0.714. The number of rotatable bonds is 4. The van der Waals surface area contributed by atoms with E-state index in [4.69, 9.17) is 9.15 Å². The summed E-state index contributed by atoms with van der Waals surface area (Å²) < 4.78 is 13.0. The number of hydrogen-bond donors (Lipinski definition) is 0. The molecule has 8 nitrogen and oxygen atoms in total. The SMILES string of the molecule is Cc1cc(C(=O)N2CCn3nnc(COc4cccnc4)c3C2)c(C)o1. The van der Waals surface area contributed by atoms with Gasteiger partial charge in [-0.15, -0.1) is 5.10 Å². The zero-order valence-electron chi connectivity index (χ0n) is 14.7. The molecule has 3 aromatic heterocycles. The average molecular weight is 353 g/mol. The van der Waals surface area contributed by atoms with E-state index in [-0.39, 0.29) is 12.5 Å². The Balaban J connectivity index is 1.50. The third-order valence-electron chi connectivity index (χ3n) is 4.41. The lowest BCUT2D eigenvalue weighted by molar-refractivity contribution is 0.0702. The van der Waals surface area contributed by atoms with Crippen LogP contribution >= 0.6 is 0 Å². The number of amides is 1. The number of aromatic nitrogens is 4. The summed E-state index contributed by atoms with van der Waals surface area (Å²) in [7, 11) is 0. The topological polar surface area (TPSA) is 86.3 Å². The number of nitrogens with zero attached hydrogens (tertiary/aromatic N) is 5. The molecule has 0 unspecified atom stereocenters. The highest BCUT2D eigenvalue weighted by molar-refractivity contribution is 5.95. The van der Waals surface area contributed by atoms with Gasteiger partial charge in [0, 0.05) is 12.7 Å². The number of furan rings is 1. The van der Waals surface area contributed by atoms with E-state index in [0.717, 1.165) is 17.1 Å². The molecule has 134 valence electrons. The Kier molecular flexibility index (Phi) is 4.16. The predicted molar refractivity (Wildman–Crippen MR) is 91.5 cm³/mol. The number of pyridine rings is 1. The molecule has 0 radical (unpaired) electrons. The zero-order chi connectivity index (χ0) is 18.1. The van der Waals surface area contributed by atoms with E-state index in [2.05, 4.69) is 15.3 Å². The molecule has 0 fully saturated rings. The molecule has 0 bridgehead atoms. The highest BCUT2D eigenvalue weighted by Crippen LogP contribution is 2.21. The molecule has 0 spiro atoms. The minimum atomic E-state index is -0.0362. The lowest BCUT2D eigenvalue weighted by Crippen LogP contribution is -2.39. The van der Waals surface area contributed by atoms with Gasteiger partial charge in [-0.25, -0.2) is 4.68 Å². The molecule has 0 aromatic carbocycles. The van der Waals surface area contributed by atoms with Crippen LogP contribution in [0.15, 0.2) is 35.0 Å². The second kappa shape index (κ2) is 6.62. The smallest absolute Gasteiger partial charge is 0.257 e. The first kappa shape index (κ1) is 16.3. The summed E-state index contributed by atoms with van der Waals surface area (Å²) in [5.41, 5.74) is 2.23. The average Bonchev–Trinajstić information content (AvgIpc) is 3.22. The molecule has 0 atom stereocenters. The Morgan fingerprint density at radius 2 is 2.23 bits per heavy atom. The molecule has 1 amide bonds. The molecular weight excluding hydrogens is 334 g/mol. The second-order valence-corrected chi connectivity index (χ2v) is 6.24. The van der Waals surface area contributed by atoms with Crippen molar-refractivity contribution < 1.29 is 13.9 Å². The fraction of sp³-hybridized carbons (Fsp3) is 0.333. The lowest BCUT2D eigenvalue weighted by Gasteiger charge is -2.27. The molecule has 0 saturated carbocycles. The van der Waals surface area contributed by atoms with E-state index < -0.39 is 0 Å². The number of aryl methyl sites for hydroxylation is 2. The Hall–Kier alpha value is -3.16. The number of ether oxygens (including phenoxy) is 1. The van der Waals surface area contributed by atoms with Gasteiger partial charge in [-0.2, -0.15) is 0 Å². The summed E-state index contributed by atoms with van der Waals surface area (Å²) in [6.07, 6.45) is 3.34. The maximum atomic E-state index is 12.8. The molecule has 1 aliphatic heterocycles. The minimum Gasteiger partial charge on any atom is -0.486 e. The number of carbonyl (C=O) groups excluding carboxylic acids is 1. The fourth-order valence-corrected chi connectivity index (χ4v) is 3.08. The minimum absolute atomic E-state index is 0.0362. The van der Waals surface area contributed by atoms with E-state index in [1.807, 2.05) is 30.7 Å². The third kappa shape index (κ3) is 3.05. The zero-order valence-corrected chi connectivity index (χ0v) is 14.7. The van der Waals surface area contributed by atoms with Crippen LogP contribution in [0.5, 0.6) is 5.75 Å². The van der Waals surface area contributed by atoms with Crippen molar-refractivity contribution in [3.63, 3.8) is 0 Å². The number of carbonyl (C=O) groups is 1. The van der Waals surface area contributed by atoms with Gasteiger partial charge in [-0.3, -0.25) is 9.78 Å². The van der Waals surface area contributed by atoms with Gasteiger partial charge in [0.2, 0.25) is 0 Å². The van der Waals surface area contributed by atoms with Crippen LogP contribution in [0.3, 0.4) is 0 Å². The highest BCUT2D eigenvalue weighted by atomic mass is 16.5. The maximum absolute atomic E-state index is 12.8. The highest BCUT2D eigenvalue weighted by Gasteiger charge is 2.27. The van der Waals surface area contributed by atoms with Gasteiger partial charge in [0.15, 0.2) is 0 Å². The molecule has 0 aliphatic carbocycles. The monoisotopic (exact) mass is 353 g/mol. The van der Waals surface area contributed by atoms with Gasteiger partial charge >= 0.3 is 0 Å². The van der Waals surface area contributed by atoms with Gasteiger partial charge < -0.3 is 14.1 Å². The van der Waals surface area contributed by atoms with Gasteiger partial charge in [0.25, 0.3) is 5.91 Å². The van der Waals surface area contributed by atoms with Crippen molar-refractivity contribution in [3.8, 4) is 5.75 Å². The number of hydrogen-bond acceptors (Lipinski definition) is 6. The van der Waals surface area contributed by atoms with Crippen molar-refractivity contribution in [2.24, 2.45) is 0 Å². The summed E-state index contributed by atoms with van der Waals surface area (Å²) in [4.78, 5) is 18.7. The van der Waals surface area contributed by atoms with Gasteiger partial charge in [-0.05, 0) is 32.0 Å². The summed E-state index contributed by atoms with van der Waals surface area (Å²) in [5.74, 6) is 2.01. The Morgan fingerprint density at radius 3 is 2.96 bits per heavy atom. The standard InChI is InChI=1S/C18H19N5O3/c1-12-8-15(13(2)26-12)18(24)22-6-7-23-17(10-22)16(20-21-23)11-25-14-4-3-5-19-9-14/h3-5,8-9H,6-7,10-11H2,1-2H3. The molecule has 0 saturated heterocycles. The Labute approximate surface area is 150 Å². The normalized spacial score (nSPS) is 13.5. The molecule has 1 aliphatic rings. The van der Waals surface area contributed by atoms with Crippen LogP contribution in [0.4, 0.5) is 0 Å². The first-order valence-corrected chi connectivity index (χ1v) is 8.42. The van der Waals surface area contributed by atoms with E-state index in [9.17, 15) is 4.79 Å². The first-order valence-electron chi connectivity index (χ1n) is 8.42. The van der Waals surface area contributed by atoms with E-state index in [1.165, 1.54) is 0 Å². The molecule has 0 N–H and O–H groups in total. The van der Waals surface area contributed by atoms with Crippen LogP contribution in [0.1, 0.15) is 33.3 Å². The van der Waals surface area contributed by atoms with Crippen LogP contribution in [-0.4, -0.2) is 37.3 Å². The first-order chi connectivity index (χ1) is 12.6. The number of fused-ring (bicyclic) bond motifs is 1. The van der Waals surface area contributed by atoms with Gasteiger partial charge in [-0.1, -0.05) is 5.21 Å². The van der Waals surface area contributed by atoms with Crippen molar-refractivity contribution in [1.82, 2.24) is 24.9 Å². The van der Waals surface area contributed by atoms with Crippen molar-refractivity contribution in [1.29, 1.82) is 0 Å². The fourth-order valence-electron chi connectivity index (χ4n) is 3.08. The van der Waals surface area contributed by atoms with Crippen LogP contribution in [0.25, 0.3) is 0 Å².